The molecule has 32 heavy (non-hydrogen) atoms. The third-order valence-corrected chi connectivity index (χ3v) is 10.5. The van der Waals surface area contributed by atoms with E-state index in [2.05, 4.69) is 4.72 Å². The number of nitrogens with two attached hydrogens (primary N) is 1. The Morgan fingerprint density at radius 3 is 2.75 bits per heavy atom. The third-order valence-electron chi connectivity index (χ3n) is 7.30. The van der Waals surface area contributed by atoms with Crippen molar-refractivity contribution < 1.29 is 22.7 Å². The Labute approximate surface area is 197 Å². The van der Waals surface area contributed by atoms with Crippen molar-refractivity contribution in [1.82, 2.24) is 9.62 Å². The van der Waals surface area contributed by atoms with Gasteiger partial charge in [-0.05, 0) is 56.6 Å². The number of rotatable bonds is 6. The van der Waals surface area contributed by atoms with Crippen LogP contribution in [-0.2, 0) is 19.6 Å². The largest absolute Gasteiger partial charge is 0.449 e. The molecule has 4 rings (SSSR count). The fourth-order valence-electron chi connectivity index (χ4n) is 5.56. The lowest BCUT2D eigenvalue weighted by molar-refractivity contribution is -0.123. The van der Waals surface area contributed by atoms with Gasteiger partial charge in [-0.2, -0.15) is 0 Å². The van der Waals surface area contributed by atoms with Gasteiger partial charge in [-0.15, -0.1) is 11.3 Å². The first-order valence-electron chi connectivity index (χ1n) is 11.2. The van der Waals surface area contributed by atoms with Gasteiger partial charge in [-0.1, -0.05) is 24.4 Å². The van der Waals surface area contributed by atoms with Crippen molar-refractivity contribution in [3.63, 3.8) is 0 Å². The van der Waals surface area contributed by atoms with Gasteiger partial charge in [0.05, 0.1) is 10.3 Å². The van der Waals surface area contributed by atoms with Crippen LogP contribution in [0.25, 0.3) is 0 Å². The van der Waals surface area contributed by atoms with E-state index < -0.39 is 27.4 Å². The summed E-state index contributed by atoms with van der Waals surface area (Å²) in [4.78, 5) is 25.9. The maximum Gasteiger partial charge on any atom is 0.409 e. The Morgan fingerprint density at radius 2 is 2.03 bits per heavy atom. The monoisotopic (exact) mass is 503 g/mol. The standard InChI is InChI=1S/C21H30ClN3O5S2/c22-16-6-7-17(31-16)32(28,29)24-18-14-4-1-2-9-21(18,10-8-14)13-30-20(27)25-11-3-5-15(12-25)19(23)26/h6-7,14-15,18,24H,1-5,8-13H2,(H2,23,26). The molecule has 4 atom stereocenters. The van der Waals surface area contributed by atoms with E-state index in [1.54, 1.807) is 11.0 Å². The molecule has 3 fully saturated rings. The van der Waals surface area contributed by atoms with Gasteiger partial charge in [0.25, 0.3) is 0 Å². The zero-order chi connectivity index (χ0) is 22.9. The molecule has 4 unspecified atom stereocenters. The molecule has 2 heterocycles. The van der Waals surface area contributed by atoms with Crippen LogP contribution >= 0.6 is 22.9 Å². The molecule has 1 saturated heterocycles. The van der Waals surface area contributed by atoms with Gasteiger partial charge in [-0.3, -0.25) is 4.79 Å². The molecule has 1 aromatic heterocycles. The molecular weight excluding hydrogens is 474 g/mol. The van der Waals surface area contributed by atoms with Crippen molar-refractivity contribution in [2.45, 2.75) is 61.6 Å². The Kier molecular flexibility index (Phi) is 7.05. The Bertz CT molecular complexity index is 968. The number of fused-ring (bicyclic) bond motifs is 2. The topological polar surface area (TPSA) is 119 Å². The normalized spacial score (nSPS) is 30.7. The molecule has 2 amide bonds. The van der Waals surface area contributed by atoms with E-state index in [1.165, 1.54) is 6.07 Å². The van der Waals surface area contributed by atoms with E-state index in [9.17, 15) is 18.0 Å². The van der Waals surface area contributed by atoms with Crippen LogP contribution in [0.3, 0.4) is 0 Å². The average Bonchev–Trinajstić information content (AvgIpc) is 3.28. The second-order valence-corrected chi connectivity index (χ2v) is 13.0. The van der Waals surface area contributed by atoms with Crippen LogP contribution in [0.2, 0.25) is 4.34 Å². The van der Waals surface area contributed by atoms with Gasteiger partial charge in [0.1, 0.15) is 10.8 Å². The average molecular weight is 504 g/mol. The molecule has 1 aliphatic heterocycles. The lowest BCUT2D eigenvalue weighted by Crippen LogP contribution is -2.50. The summed E-state index contributed by atoms with van der Waals surface area (Å²) in [5, 5.41) is 0. The predicted octanol–water partition coefficient (Wildman–Crippen LogP) is 3.35. The summed E-state index contributed by atoms with van der Waals surface area (Å²) < 4.78 is 35.4. The lowest BCUT2D eigenvalue weighted by Gasteiger charge is -2.37. The van der Waals surface area contributed by atoms with Crippen LogP contribution < -0.4 is 10.5 Å². The second kappa shape index (κ2) is 9.48. The number of nitrogens with one attached hydrogen (secondary N) is 1. The van der Waals surface area contributed by atoms with Crippen LogP contribution in [0, 0.1) is 17.3 Å². The molecule has 8 nitrogen and oxygen atoms in total. The zero-order valence-corrected chi connectivity index (χ0v) is 20.3. The first-order chi connectivity index (χ1) is 15.2. The van der Waals surface area contributed by atoms with E-state index >= 15 is 0 Å². The van der Waals surface area contributed by atoms with Crippen molar-refractivity contribution in [1.29, 1.82) is 0 Å². The summed E-state index contributed by atoms with van der Waals surface area (Å²) in [6.07, 6.45) is 6.43. The fourth-order valence-corrected chi connectivity index (χ4v) is 8.47. The number of thiophene rings is 1. The molecular formula is C21H30ClN3O5S2. The molecule has 11 heteroatoms. The quantitative estimate of drug-likeness (QED) is 0.617. The highest BCUT2D eigenvalue weighted by Gasteiger charge is 2.51. The van der Waals surface area contributed by atoms with Crippen LogP contribution in [0.5, 0.6) is 0 Å². The van der Waals surface area contributed by atoms with E-state index in [-0.39, 0.29) is 35.2 Å². The highest BCUT2D eigenvalue weighted by atomic mass is 35.5. The molecule has 2 aliphatic carbocycles. The maximum atomic E-state index is 13.1. The number of amides is 2. The van der Waals surface area contributed by atoms with E-state index in [4.69, 9.17) is 22.1 Å². The molecule has 2 bridgehead atoms. The minimum absolute atomic E-state index is 0.165. The highest BCUT2D eigenvalue weighted by Crippen LogP contribution is 2.50. The summed E-state index contributed by atoms with van der Waals surface area (Å²) in [5.74, 6) is -0.525. The van der Waals surface area contributed by atoms with Gasteiger partial charge in [-0.25, -0.2) is 17.9 Å². The minimum Gasteiger partial charge on any atom is -0.449 e. The second-order valence-electron chi connectivity index (χ2n) is 9.31. The third kappa shape index (κ3) is 4.93. The molecule has 178 valence electrons. The summed E-state index contributed by atoms with van der Waals surface area (Å²) in [6.45, 7) is 0.977. The van der Waals surface area contributed by atoms with E-state index in [1.807, 2.05) is 0 Å². The van der Waals surface area contributed by atoms with Crippen molar-refractivity contribution in [3.05, 3.63) is 16.5 Å². The summed E-state index contributed by atoms with van der Waals surface area (Å²) in [5.41, 5.74) is 5.00. The fraction of sp³-hybridized carbons (Fsp3) is 0.714. The van der Waals surface area contributed by atoms with Gasteiger partial charge in [0, 0.05) is 24.5 Å². The van der Waals surface area contributed by atoms with Gasteiger partial charge >= 0.3 is 6.09 Å². The Balaban J connectivity index is 1.48. The van der Waals surface area contributed by atoms with Gasteiger partial charge in [0.2, 0.25) is 15.9 Å². The van der Waals surface area contributed by atoms with E-state index in [0.29, 0.717) is 23.7 Å². The number of carbonyl (C=O) groups is 2. The number of piperidine rings is 1. The smallest absolute Gasteiger partial charge is 0.409 e. The molecule has 0 spiro atoms. The SMILES string of the molecule is NC(=O)C1CCCN(C(=O)OCC23CCCCC(CC2)C3NS(=O)(=O)c2ccc(Cl)s2)C1. The van der Waals surface area contributed by atoms with Gasteiger partial charge in [0.15, 0.2) is 0 Å². The number of likely N-dealkylation sites (tertiary alicyclic amines) is 1. The van der Waals surface area contributed by atoms with Crippen LogP contribution in [-0.4, -0.2) is 51.1 Å². The molecule has 3 N–H and O–H groups in total. The van der Waals surface area contributed by atoms with Crippen LogP contribution in [0.4, 0.5) is 4.79 Å². The van der Waals surface area contributed by atoms with Crippen LogP contribution in [0.15, 0.2) is 16.3 Å². The summed E-state index contributed by atoms with van der Waals surface area (Å²) >= 11 is 6.99. The molecule has 2 saturated carbocycles. The first-order valence-corrected chi connectivity index (χ1v) is 13.9. The number of primary amides is 1. The number of sulfonamides is 1. The highest BCUT2D eigenvalue weighted by molar-refractivity contribution is 7.91. The zero-order valence-electron chi connectivity index (χ0n) is 17.9. The predicted molar refractivity (Wildman–Crippen MR) is 122 cm³/mol. The molecule has 0 radical (unpaired) electrons. The number of nitrogens with zero attached hydrogens (tertiary/aromatic N) is 1. The lowest BCUT2D eigenvalue weighted by atomic mass is 9.79. The van der Waals surface area contributed by atoms with Crippen molar-refractivity contribution in [3.8, 4) is 0 Å². The molecule has 3 aliphatic rings. The Hall–Kier alpha value is -1.36. The maximum absolute atomic E-state index is 13.1. The number of hydrogen-bond donors (Lipinski definition) is 2. The minimum atomic E-state index is -3.71. The van der Waals surface area contributed by atoms with E-state index in [0.717, 1.165) is 49.9 Å². The first kappa shape index (κ1) is 23.8. The molecule has 1 aromatic rings. The van der Waals surface area contributed by atoms with Crippen molar-refractivity contribution in [2.75, 3.05) is 19.7 Å². The summed E-state index contributed by atoms with van der Waals surface area (Å²) in [7, 11) is -3.71. The number of hydrogen-bond acceptors (Lipinski definition) is 6. The number of halogens is 1. The Morgan fingerprint density at radius 1 is 1.22 bits per heavy atom. The van der Waals surface area contributed by atoms with Crippen molar-refractivity contribution >= 4 is 45.0 Å². The number of carbonyl (C=O) groups excluding carboxylic acids is 2. The van der Waals surface area contributed by atoms with Crippen molar-refractivity contribution in [2.24, 2.45) is 23.0 Å². The number of ether oxygens (including phenoxy) is 1. The summed E-state index contributed by atoms with van der Waals surface area (Å²) in [6, 6.07) is 2.81. The van der Waals surface area contributed by atoms with Gasteiger partial charge < -0.3 is 15.4 Å². The van der Waals surface area contributed by atoms with Crippen LogP contribution in [0.1, 0.15) is 51.4 Å². The molecule has 0 aromatic carbocycles.